The van der Waals surface area contributed by atoms with Crippen LogP contribution >= 0.6 is 21.6 Å². The fraction of sp³-hybridized carbons (Fsp3) is 0.476. The van der Waals surface area contributed by atoms with E-state index < -0.39 is 180 Å². The van der Waals surface area contributed by atoms with Gasteiger partial charge in [-0.1, -0.05) is 96.1 Å². The number of phenols is 1. The van der Waals surface area contributed by atoms with Crippen molar-refractivity contribution in [1.29, 1.82) is 0 Å². The second-order valence-corrected chi connectivity index (χ2v) is 26.2. The number of aliphatic carboxylic acids is 3. The molecular weight excluding hydrogens is 1290 g/mol. The van der Waals surface area contributed by atoms with Crippen molar-refractivity contribution in [2.75, 3.05) is 24.6 Å². The van der Waals surface area contributed by atoms with Gasteiger partial charge in [0.15, 0.2) is 0 Å². The van der Waals surface area contributed by atoms with Crippen LogP contribution in [0, 0.1) is 5.92 Å². The summed E-state index contributed by atoms with van der Waals surface area (Å²) >= 11 is 0. The number of nitrogens with one attached hydrogen (secondary N) is 10. The molecule has 0 bridgehead atoms. The quantitative estimate of drug-likeness (QED) is 0.0308. The number of carbonyl (C=O) groups is 13. The Morgan fingerprint density at radius 2 is 1.24 bits per heavy atom. The summed E-state index contributed by atoms with van der Waals surface area (Å²) in [4.78, 5) is 185. The summed E-state index contributed by atoms with van der Waals surface area (Å²) in [6.07, 6.45) is -2.43. The first-order valence-electron chi connectivity index (χ1n) is 31.1. The van der Waals surface area contributed by atoms with Gasteiger partial charge in [0.25, 0.3) is 0 Å². The molecule has 1 aromatic heterocycles. The zero-order chi connectivity index (χ0) is 70.3. The highest BCUT2D eigenvalue weighted by Gasteiger charge is 2.42. The molecule has 520 valence electrons. The number of amides is 10. The fourth-order valence-electron chi connectivity index (χ4n) is 10.6. The molecule has 2 aliphatic rings. The lowest BCUT2D eigenvalue weighted by atomic mass is 10.0. The number of nitrogens with zero attached hydrogens (tertiary/aromatic N) is 1. The highest BCUT2D eigenvalue weighted by atomic mass is 33.1. The molecule has 4 aromatic rings. The van der Waals surface area contributed by atoms with Crippen molar-refractivity contribution in [3.63, 3.8) is 0 Å². The van der Waals surface area contributed by atoms with Crippen molar-refractivity contribution in [3.05, 3.63) is 102 Å². The number of hydrogen-bond acceptors (Lipinski definition) is 19. The molecule has 0 spiro atoms. The molecule has 31 nitrogen and oxygen atoms in total. The Labute approximate surface area is 559 Å². The van der Waals surface area contributed by atoms with E-state index in [2.05, 4.69) is 52.8 Å². The van der Waals surface area contributed by atoms with Gasteiger partial charge in [0.1, 0.15) is 66.2 Å². The lowest BCUT2D eigenvalue weighted by Crippen LogP contribution is -2.62. The number of likely N-dealkylation sites (tertiary alicyclic amines) is 1. The zero-order valence-electron chi connectivity index (χ0n) is 52.9. The maximum atomic E-state index is 15.1. The van der Waals surface area contributed by atoms with E-state index in [1.165, 1.54) is 45.0 Å². The van der Waals surface area contributed by atoms with Gasteiger partial charge in [-0.15, -0.1) is 0 Å². The first-order valence-corrected chi connectivity index (χ1v) is 33.6. The lowest BCUT2D eigenvalue weighted by Gasteiger charge is -2.31. The summed E-state index contributed by atoms with van der Waals surface area (Å²) in [7, 11) is 1.65. The number of aromatic hydroxyl groups is 1. The van der Waals surface area contributed by atoms with Gasteiger partial charge in [-0.25, -0.2) is 4.79 Å². The van der Waals surface area contributed by atoms with Gasteiger partial charge in [0.2, 0.25) is 59.1 Å². The van der Waals surface area contributed by atoms with Crippen LogP contribution in [-0.2, 0) is 81.6 Å². The number of nitrogens with two attached hydrogens (primary N) is 2. The summed E-state index contributed by atoms with van der Waals surface area (Å²) in [5, 5.41) is 73.9. The minimum absolute atomic E-state index is 0.0402. The van der Waals surface area contributed by atoms with E-state index in [9.17, 15) is 73.2 Å². The van der Waals surface area contributed by atoms with E-state index in [-0.39, 0.29) is 70.2 Å². The lowest BCUT2D eigenvalue weighted by molar-refractivity contribution is -0.145. The molecule has 19 N–H and O–H groups in total. The Morgan fingerprint density at radius 3 is 1.85 bits per heavy atom. The van der Waals surface area contributed by atoms with Gasteiger partial charge < -0.3 is 94.7 Å². The van der Waals surface area contributed by atoms with E-state index in [0.29, 0.717) is 27.6 Å². The van der Waals surface area contributed by atoms with Crippen molar-refractivity contribution >= 4 is 109 Å². The maximum absolute atomic E-state index is 15.1. The molecule has 12 atom stereocenters. The van der Waals surface area contributed by atoms with Gasteiger partial charge in [-0.3, -0.25) is 57.5 Å². The Morgan fingerprint density at radius 1 is 0.656 bits per heavy atom. The van der Waals surface area contributed by atoms with Crippen LogP contribution in [0.2, 0.25) is 0 Å². The third-order valence-electron chi connectivity index (χ3n) is 15.9. The van der Waals surface area contributed by atoms with Gasteiger partial charge in [-0.05, 0) is 86.4 Å². The van der Waals surface area contributed by atoms with Crippen LogP contribution in [0.5, 0.6) is 5.75 Å². The first-order chi connectivity index (χ1) is 45.6. The Bertz CT molecular complexity index is 3430. The summed E-state index contributed by atoms with van der Waals surface area (Å²) in [5.41, 5.74) is 13.9. The van der Waals surface area contributed by atoms with Crippen LogP contribution in [0.4, 0.5) is 0 Å². The van der Waals surface area contributed by atoms with E-state index in [4.69, 9.17) is 16.6 Å². The molecule has 0 radical (unpaired) electrons. The number of rotatable bonds is 26. The molecule has 3 heterocycles. The number of fused-ring (bicyclic) bond motifs is 1. The normalized spacial score (nSPS) is 21.7. The second kappa shape index (κ2) is 36.5. The van der Waals surface area contributed by atoms with E-state index in [1.807, 2.05) is 0 Å². The van der Waals surface area contributed by atoms with Crippen molar-refractivity contribution in [2.45, 2.75) is 158 Å². The topological polar surface area (TPSA) is 502 Å². The average molecular weight is 1370 g/mol. The van der Waals surface area contributed by atoms with E-state index in [0.717, 1.165) is 26.5 Å². The van der Waals surface area contributed by atoms with Gasteiger partial charge in [0.05, 0.1) is 18.6 Å². The number of carbonyl (C=O) groups excluding carboxylic acids is 10. The molecule has 2 saturated heterocycles. The van der Waals surface area contributed by atoms with Crippen molar-refractivity contribution in [1.82, 2.24) is 57.7 Å². The number of phenolic OH excluding ortho intramolecular Hbond substituents is 1. The smallest absolute Gasteiger partial charge is 0.326 e. The highest BCUT2D eigenvalue weighted by molar-refractivity contribution is 8.76. The van der Waals surface area contributed by atoms with Crippen molar-refractivity contribution in [3.8, 4) is 5.75 Å². The van der Waals surface area contributed by atoms with Crippen LogP contribution < -0.4 is 59.3 Å². The molecule has 0 saturated carbocycles. The van der Waals surface area contributed by atoms with Crippen molar-refractivity contribution in [2.24, 2.45) is 17.4 Å². The number of benzene rings is 3. The van der Waals surface area contributed by atoms with Crippen LogP contribution in [0.15, 0.2) is 85.1 Å². The fourth-order valence-corrected chi connectivity index (χ4v) is 13.0. The summed E-state index contributed by atoms with van der Waals surface area (Å²) in [6.45, 7) is 4.15. The number of carboxylic acids is 3. The molecule has 2 fully saturated rings. The molecule has 96 heavy (non-hydrogen) atoms. The maximum Gasteiger partial charge on any atom is 0.326 e. The van der Waals surface area contributed by atoms with Gasteiger partial charge >= 0.3 is 17.9 Å². The van der Waals surface area contributed by atoms with Crippen LogP contribution in [0.3, 0.4) is 0 Å². The summed E-state index contributed by atoms with van der Waals surface area (Å²) < 4.78 is 0. The van der Waals surface area contributed by atoms with Crippen LogP contribution in [-0.4, -0.2) is 210 Å². The number of carboxylic acid groups (broad SMARTS) is 3. The van der Waals surface area contributed by atoms with E-state index in [1.54, 1.807) is 60.8 Å². The minimum atomic E-state index is -2.00. The number of hydrogen-bond donors (Lipinski definition) is 17. The number of aliphatic hydroxyl groups is 1. The molecule has 3 aromatic carbocycles. The van der Waals surface area contributed by atoms with Crippen LogP contribution in [0.25, 0.3) is 10.9 Å². The SMILES string of the molecule is CC(C)[C@H](NC(=O)C1CSSC[C@H](NC(=O)[C@H](CC(=O)O)NC(=O)[C@@H]2CCCN2C(=O)[C@@H](NC(=O)[C@@H](N)CCC(=O)O)[C@@H](C)O)C(=O)NC(Cc2ccccc2)C(=O)N[C@@H](Cc2c[nH]c3ccccc23)C(=O)N[C@@H](CCCN)C(=O)NC(Cc2ccc(O)cc2)C(=O)N1)C(=O)O. The van der Waals surface area contributed by atoms with Gasteiger partial charge in [0, 0.05) is 60.8 Å². The van der Waals surface area contributed by atoms with E-state index >= 15 is 9.59 Å². The number of aromatic nitrogens is 1. The van der Waals surface area contributed by atoms with Gasteiger partial charge in [-0.2, -0.15) is 0 Å². The Balaban J connectivity index is 1.40. The van der Waals surface area contributed by atoms with Crippen molar-refractivity contribution < 1.29 is 87.9 Å². The second-order valence-electron chi connectivity index (χ2n) is 23.7. The number of para-hydroxylation sites is 1. The Hall–Kier alpha value is -9.31. The molecule has 33 heteroatoms. The molecule has 0 aliphatic carbocycles. The molecule has 2 aliphatic heterocycles. The molecule has 3 unspecified atom stereocenters. The number of H-pyrrole nitrogens is 1. The number of aliphatic hydroxyl groups excluding tert-OH is 1. The predicted molar refractivity (Wildman–Crippen MR) is 351 cm³/mol. The largest absolute Gasteiger partial charge is 0.508 e. The monoisotopic (exact) mass is 1370 g/mol. The standard InChI is InChI=1S/C63H83N13O18S2/c1-32(2)51(63(93)94)74-60(90)47-31-96-95-30-46(72-58(88)45(28-50(81)82)71-61(91)48-16-10-24-76(48)62(92)52(33(3)77)75-53(83)39(65)21-22-49(79)80)59(89)69-42(25-34-11-5-4-6-12-34)55(85)70-44(27-36-29-66-40-14-8-7-13-38(36)40)57(87)67-41(15-9-23-64)54(84)68-43(56(86)73-47)26-35-17-19-37(78)20-18-35/h4-8,11-14,17-20,29,32-33,39,41-48,51-52,66,77-78H,9-10,15-16,21-28,30-31,64-65H2,1-3H3,(H,67,87)(H,68,84)(H,69,89)(H,70,85)(H,71,91)(H,72,88)(H,73,86)(H,74,90)(H,75,83)(H,79,80)(H,81,82)(H,93,94)/t33-,39+,41+,42?,43?,44+,45+,46+,47?,48+,51+,52+/m1/s1. The van der Waals surface area contributed by atoms with Crippen LogP contribution in [0.1, 0.15) is 82.4 Å². The molecule has 6 rings (SSSR count). The molecule has 10 amide bonds. The summed E-state index contributed by atoms with van der Waals surface area (Å²) in [5.74, 6) is -16.1. The predicted octanol–water partition coefficient (Wildman–Crippen LogP) is -1.82. The number of aromatic amines is 1. The zero-order valence-corrected chi connectivity index (χ0v) is 54.6. The third kappa shape index (κ3) is 22.4. The average Bonchev–Trinajstić information content (AvgIpc) is 1.62. The summed E-state index contributed by atoms with van der Waals surface area (Å²) in [6, 6.07) is 3.54. The molecular formula is C63H83N13O18S2. The Kier molecular flexibility index (Phi) is 28.8. The minimum Gasteiger partial charge on any atom is -0.508 e. The first kappa shape index (κ1) is 75.7. The third-order valence-corrected chi connectivity index (χ3v) is 18.4. The highest BCUT2D eigenvalue weighted by Crippen LogP contribution is 2.26.